The summed E-state index contributed by atoms with van der Waals surface area (Å²) < 4.78 is 13.5. The highest BCUT2D eigenvalue weighted by atomic mass is 32.1. The highest BCUT2D eigenvalue weighted by molar-refractivity contribution is 7.11. The summed E-state index contributed by atoms with van der Waals surface area (Å²) in [7, 11) is 0. The van der Waals surface area contributed by atoms with Gasteiger partial charge in [-0.2, -0.15) is 0 Å². The van der Waals surface area contributed by atoms with Crippen molar-refractivity contribution in [2.24, 2.45) is 4.99 Å². The fraction of sp³-hybridized carbons (Fsp3) is 0.474. The lowest BCUT2D eigenvalue weighted by Gasteiger charge is -2.19. The molecular formula is C19H25FN4S. The molecule has 1 aliphatic rings. The van der Waals surface area contributed by atoms with Gasteiger partial charge < -0.3 is 10.6 Å². The van der Waals surface area contributed by atoms with Crippen molar-refractivity contribution >= 4 is 17.3 Å². The van der Waals surface area contributed by atoms with Crippen LogP contribution in [0, 0.1) is 19.7 Å². The number of halogens is 1. The maximum atomic E-state index is 13.5. The summed E-state index contributed by atoms with van der Waals surface area (Å²) in [4.78, 5) is 10.3. The van der Waals surface area contributed by atoms with Gasteiger partial charge in [-0.15, -0.1) is 11.3 Å². The number of aromatic nitrogens is 1. The van der Waals surface area contributed by atoms with E-state index in [9.17, 15) is 4.39 Å². The Balaban J connectivity index is 1.66. The lowest BCUT2D eigenvalue weighted by Crippen LogP contribution is -2.41. The molecule has 2 aromatic rings. The van der Waals surface area contributed by atoms with E-state index in [0.29, 0.717) is 6.54 Å². The van der Waals surface area contributed by atoms with Gasteiger partial charge in [0.25, 0.3) is 0 Å². The van der Waals surface area contributed by atoms with Gasteiger partial charge in [0.15, 0.2) is 5.96 Å². The van der Waals surface area contributed by atoms with Gasteiger partial charge in [-0.25, -0.2) is 14.4 Å². The molecule has 1 fully saturated rings. The number of nitrogens with zero attached hydrogens (tertiary/aromatic N) is 2. The zero-order valence-electron chi connectivity index (χ0n) is 15.0. The predicted molar refractivity (Wildman–Crippen MR) is 102 cm³/mol. The van der Waals surface area contributed by atoms with Crippen molar-refractivity contribution in [1.82, 2.24) is 15.6 Å². The normalized spacial score (nSPS) is 15.9. The van der Waals surface area contributed by atoms with E-state index >= 15 is 0 Å². The number of aryl methyl sites for hydroxylation is 2. The molecule has 0 bridgehead atoms. The molecule has 1 aromatic heterocycles. The molecule has 0 aliphatic heterocycles. The maximum Gasteiger partial charge on any atom is 0.191 e. The summed E-state index contributed by atoms with van der Waals surface area (Å²) >= 11 is 1.69. The van der Waals surface area contributed by atoms with Gasteiger partial charge in [0.2, 0.25) is 0 Å². The first-order chi connectivity index (χ1) is 12.0. The van der Waals surface area contributed by atoms with E-state index in [2.05, 4.69) is 22.5 Å². The minimum Gasteiger partial charge on any atom is -0.357 e. The van der Waals surface area contributed by atoms with Crippen LogP contribution in [0.3, 0.4) is 0 Å². The van der Waals surface area contributed by atoms with Gasteiger partial charge >= 0.3 is 0 Å². The van der Waals surface area contributed by atoms with Gasteiger partial charge in [0.05, 0.1) is 17.2 Å². The fourth-order valence-electron chi connectivity index (χ4n) is 3.00. The summed E-state index contributed by atoms with van der Waals surface area (Å²) in [6.45, 7) is 8.29. The van der Waals surface area contributed by atoms with Crippen LogP contribution in [-0.4, -0.2) is 24.0 Å². The number of benzene rings is 1. The first kappa shape index (κ1) is 17.9. The molecule has 0 amide bonds. The first-order valence-electron chi connectivity index (χ1n) is 8.73. The van der Waals surface area contributed by atoms with Gasteiger partial charge in [-0.1, -0.05) is 12.1 Å². The summed E-state index contributed by atoms with van der Waals surface area (Å²) in [6.07, 6.45) is 2.16. The smallest absolute Gasteiger partial charge is 0.191 e. The number of hydrogen-bond donors (Lipinski definition) is 2. The number of thiazole rings is 1. The van der Waals surface area contributed by atoms with E-state index in [1.54, 1.807) is 23.5 Å². The van der Waals surface area contributed by atoms with Crippen molar-refractivity contribution in [2.75, 3.05) is 13.1 Å². The maximum absolute atomic E-state index is 13.5. The molecule has 0 spiro atoms. The molecule has 1 aromatic carbocycles. The molecule has 3 rings (SSSR count). The lowest BCUT2D eigenvalue weighted by atomic mass is 9.96. The van der Waals surface area contributed by atoms with Crippen molar-refractivity contribution < 1.29 is 4.39 Å². The minimum absolute atomic E-state index is 0.0370. The molecule has 0 radical (unpaired) electrons. The Morgan fingerprint density at radius 2 is 2.12 bits per heavy atom. The Morgan fingerprint density at radius 3 is 2.72 bits per heavy atom. The largest absolute Gasteiger partial charge is 0.357 e. The van der Waals surface area contributed by atoms with Crippen LogP contribution in [0.25, 0.3) is 0 Å². The fourth-order valence-corrected chi connectivity index (χ4v) is 3.86. The predicted octanol–water partition coefficient (Wildman–Crippen LogP) is 3.69. The van der Waals surface area contributed by atoms with Crippen LogP contribution in [0.1, 0.15) is 40.9 Å². The second kappa shape index (κ2) is 7.52. The second-order valence-electron chi connectivity index (χ2n) is 6.58. The third-order valence-corrected chi connectivity index (χ3v) is 5.67. The van der Waals surface area contributed by atoms with Crippen LogP contribution in [0.2, 0.25) is 0 Å². The molecule has 0 atom stereocenters. The SMILES string of the molecule is CCNC(=NCc1sc(C)nc1C)NCC1(c2cccc(F)c2)CC1. The zero-order valence-corrected chi connectivity index (χ0v) is 15.8. The topological polar surface area (TPSA) is 49.3 Å². The number of hydrogen-bond acceptors (Lipinski definition) is 3. The monoisotopic (exact) mass is 360 g/mol. The molecule has 1 aliphatic carbocycles. The van der Waals surface area contributed by atoms with E-state index in [0.717, 1.165) is 48.2 Å². The third-order valence-electron chi connectivity index (χ3n) is 4.61. The number of guanidine groups is 1. The second-order valence-corrected chi connectivity index (χ2v) is 7.87. The molecule has 6 heteroatoms. The highest BCUT2D eigenvalue weighted by Crippen LogP contribution is 2.47. The van der Waals surface area contributed by atoms with Gasteiger partial charge in [-0.3, -0.25) is 0 Å². The average Bonchev–Trinajstić information content (AvgIpc) is 3.30. The van der Waals surface area contributed by atoms with Gasteiger partial charge in [-0.05, 0) is 51.3 Å². The van der Waals surface area contributed by atoms with E-state index in [1.165, 1.54) is 10.9 Å². The molecule has 2 N–H and O–H groups in total. The Hall–Kier alpha value is -1.95. The molecule has 25 heavy (non-hydrogen) atoms. The number of rotatable bonds is 6. The Bertz CT molecular complexity index is 765. The van der Waals surface area contributed by atoms with Crippen molar-refractivity contribution in [3.8, 4) is 0 Å². The summed E-state index contributed by atoms with van der Waals surface area (Å²) in [5, 5.41) is 7.80. The molecule has 0 unspecified atom stereocenters. The van der Waals surface area contributed by atoms with Crippen LogP contribution >= 0.6 is 11.3 Å². The zero-order chi connectivity index (χ0) is 17.9. The quantitative estimate of drug-likeness (QED) is 0.610. The molecule has 0 saturated heterocycles. The van der Waals surface area contributed by atoms with Gasteiger partial charge in [0.1, 0.15) is 5.82 Å². The van der Waals surface area contributed by atoms with Crippen LogP contribution < -0.4 is 10.6 Å². The summed E-state index contributed by atoms with van der Waals surface area (Å²) in [5.74, 6) is 0.635. The Morgan fingerprint density at radius 1 is 1.32 bits per heavy atom. The first-order valence-corrected chi connectivity index (χ1v) is 9.55. The highest BCUT2D eigenvalue weighted by Gasteiger charge is 2.44. The van der Waals surface area contributed by atoms with Crippen molar-refractivity contribution in [3.63, 3.8) is 0 Å². The third kappa shape index (κ3) is 4.37. The standard InChI is InChI=1S/C19H25FN4S/c1-4-21-18(22-11-17-13(2)24-14(3)25-17)23-12-19(8-9-19)15-6-5-7-16(20)10-15/h5-7,10H,4,8-9,11-12H2,1-3H3,(H2,21,22,23). The van der Waals surface area contributed by atoms with Crippen LogP contribution in [0.4, 0.5) is 4.39 Å². The van der Waals surface area contributed by atoms with E-state index in [-0.39, 0.29) is 11.2 Å². The molecular weight excluding hydrogens is 335 g/mol. The number of nitrogens with one attached hydrogen (secondary N) is 2. The Labute approximate surface area is 152 Å². The van der Waals surface area contributed by atoms with Crippen LogP contribution in [0.5, 0.6) is 0 Å². The average molecular weight is 361 g/mol. The molecule has 1 saturated carbocycles. The van der Waals surface area contributed by atoms with Gasteiger partial charge in [0, 0.05) is 23.4 Å². The summed E-state index contributed by atoms with van der Waals surface area (Å²) in [6, 6.07) is 6.96. The van der Waals surface area contributed by atoms with Crippen LogP contribution in [0.15, 0.2) is 29.3 Å². The lowest BCUT2D eigenvalue weighted by molar-refractivity contribution is 0.607. The van der Waals surface area contributed by atoms with Crippen molar-refractivity contribution in [1.29, 1.82) is 0 Å². The van der Waals surface area contributed by atoms with Crippen molar-refractivity contribution in [2.45, 2.75) is 45.6 Å². The Kier molecular flexibility index (Phi) is 5.37. The van der Waals surface area contributed by atoms with E-state index < -0.39 is 0 Å². The summed E-state index contributed by atoms with van der Waals surface area (Å²) in [5.41, 5.74) is 2.17. The number of aliphatic imine (C=N–C) groups is 1. The van der Waals surface area contributed by atoms with Crippen molar-refractivity contribution in [3.05, 3.63) is 51.2 Å². The molecule has 134 valence electrons. The molecule has 4 nitrogen and oxygen atoms in total. The molecule has 1 heterocycles. The van der Waals surface area contributed by atoms with E-state index in [4.69, 9.17) is 4.99 Å². The van der Waals surface area contributed by atoms with Crippen LogP contribution in [-0.2, 0) is 12.0 Å². The van der Waals surface area contributed by atoms with E-state index in [1.807, 2.05) is 19.9 Å². The minimum atomic E-state index is -0.166.